The van der Waals surface area contributed by atoms with Gasteiger partial charge in [0.05, 0.1) is 11.5 Å². The molecule has 0 bridgehead atoms. The second-order valence-electron chi connectivity index (χ2n) is 3.74. The SMILES string of the molecule is CS(=O)(=O)c1ccc2oc(C(N)CO)nc2c1. The van der Waals surface area contributed by atoms with Crippen LogP contribution >= 0.6 is 0 Å². The molecular formula is C10H12N2O4S. The van der Waals surface area contributed by atoms with Gasteiger partial charge in [-0.15, -0.1) is 0 Å². The lowest BCUT2D eigenvalue weighted by Gasteiger charge is -1.99. The number of aliphatic hydroxyl groups is 1. The van der Waals surface area contributed by atoms with Gasteiger partial charge in [-0.2, -0.15) is 0 Å². The van der Waals surface area contributed by atoms with Gasteiger partial charge in [0, 0.05) is 6.26 Å². The molecule has 0 aliphatic rings. The second-order valence-corrected chi connectivity index (χ2v) is 5.76. The van der Waals surface area contributed by atoms with Gasteiger partial charge in [-0.1, -0.05) is 0 Å². The molecule has 17 heavy (non-hydrogen) atoms. The molecule has 1 aromatic carbocycles. The van der Waals surface area contributed by atoms with Gasteiger partial charge in [0.2, 0.25) is 5.89 Å². The van der Waals surface area contributed by atoms with E-state index in [2.05, 4.69) is 4.98 Å². The highest BCUT2D eigenvalue weighted by Crippen LogP contribution is 2.22. The maximum atomic E-state index is 11.4. The molecule has 0 saturated heterocycles. The van der Waals surface area contributed by atoms with Crippen molar-refractivity contribution in [3.63, 3.8) is 0 Å². The molecule has 3 N–H and O–H groups in total. The molecule has 0 aliphatic carbocycles. The number of aliphatic hydroxyl groups excluding tert-OH is 1. The molecule has 1 unspecified atom stereocenters. The third-order valence-electron chi connectivity index (χ3n) is 2.32. The molecule has 0 spiro atoms. The van der Waals surface area contributed by atoms with Crippen molar-refractivity contribution in [1.82, 2.24) is 4.98 Å². The Kier molecular flexibility index (Phi) is 2.90. The van der Waals surface area contributed by atoms with Gasteiger partial charge in [-0.05, 0) is 18.2 Å². The topological polar surface area (TPSA) is 106 Å². The lowest BCUT2D eigenvalue weighted by Crippen LogP contribution is -2.14. The fourth-order valence-electron chi connectivity index (χ4n) is 1.39. The molecule has 2 aromatic rings. The van der Waals surface area contributed by atoms with E-state index in [1.807, 2.05) is 0 Å². The van der Waals surface area contributed by atoms with E-state index in [1.54, 1.807) is 0 Å². The van der Waals surface area contributed by atoms with Crippen LogP contribution in [0.15, 0.2) is 27.5 Å². The Labute approximate surface area is 98.0 Å². The van der Waals surface area contributed by atoms with Crippen LogP contribution in [0.25, 0.3) is 11.1 Å². The Morgan fingerprint density at radius 3 is 2.82 bits per heavy atom. The van der Waals surface area contributed by atoms with Gasteiger partial charge in [0.25, 0.3) is 0 Å². The third kappa shape index (κ3) is 2.31. The minimum atomic E-state index is -3.27. The van der Waals surface area contributed by atoms with E-state index in [4.69, 9.17) is 15.3 Å². The van der Waals surface area contributed by atoms with E-state index in [0.29, 0.717) is 11.1 Å². The fourth-order valence-corrected chi connectivity index (χ4v) is 2.03. The van der Waals surface area contributed by atoms with Crippen molar-refractivity contribution in [1.29, 1.82) is 0 Å². The zero-order chi connectivity index (χ0) is 12.6. The first-order valence-electron chi connectivity index (χ1n) is 4.89. The van der Waals surface area contributed by atoms with Gasteiger partial charge < -0.3 is 15.3 Å². The first-order chi connectivity index (χ1) is 7.91. The quantitative estimate of drug-likeness (QED) is 0.813. The van der Waals surface area contributed by atoms with Crippen molar-refractivity contribution in [3.05, 3.63) is 24.1 Å². The standard InChI is InChI=1S/C10H12N2O4S/c1-17(14,15)6-2-3-9-8(4-6)12-10(16-9)7(11)5-13/h2-4,7,13H,5,11H2,1H3. The summed E-state index contributed by atoms with van der Waals surface area (Å²) < 4.78 is 28.0. The lowest BCUT2D eigenvalue weighted by molar-refractivity contribution is 0.250. The summed E-state index contributed by atoms with van der Waals surface area (Å²) >= 11 is 0. The number of benzene rings is 1. The second kappa shape index (κ2) is 4.10. The van der Waals surface area contributed by atoms with Gasteiger partial charge in [-0.25, -0.2) is 13.4 Å². The molecule has 2 rings (SSSR count). The Morgan fingerprint density at radius 1 is 1.53 bits per heavy atom. The van der Waals surface area contributed by atoms with Crippen LogP contribution in [-0.4, -0.2) is 31.4 Å². The van der Waals surface area contributed by atoms with Crippen molar-refractivity contribution < 1.29 is 17.9 Å². The number of nitrogens with zero attached hydrogens (tertiary/aromatic N) is 1. The number of oxazole rings is 1. The zero-order valence-corrected chi connectivity index (χ0v) is 9.94. The summed E-state index contributed by atoms with van der Waals surface area (Å²) in [6, 6.07) is 3.68. The van der Waals surface area contributed by atoms with Crippen molar-refractivity contribution in [2.45, 2.75) is 10.9 Å². The van der Waals surface area contributed by atoms with Crippen LogP contribution in [0.4, 0.5) is 0 Å². The third-order valence-corrected chi connectivity index (χ3v) is 3.43. The molecule has 1 heterocycles. The van der Waals surface area contributed by atoms with E-state index in [0.717, 1.165) is 6.26 Å². The molecule has 0 radical (unpaired) electrons. The van der Waals surface area contributed by atoms with Crippen LogP contribution in [0.2, 0.25) is 0 Å². The van der Waals surface area contributed by atoms with Crippen LogP contribution in [0.1, 0.15) is 11.9 Å². The Hall–Kier alpha value is -1.44. The molecule has 0 amide bonds. The summed E-state index contributed by atoms with van der Waals surface area (Å²) in [6.45, 7) is -0.286. The van der Waals surface area contributed by atoms with Crippen LogP contribution < -0.4 is 5.73 Å². The van der Waals surface area contributed by atoms with E-state index in [-0.39, 0.29) is 17.4 Å². The molecule has 0 aliphatic heterocycles. The minimum absolute atomic E-state index is 0.169. The first-order valence-corrected chi connectivity index (χ1v) is 6.78. The monoisotopic (exact) mass is 256 g/mol. The number of hydrogen-bond donors (Lipinski definition) is 2. The summed E-state index contributed by atoms with van der Waals surface area (Å²) in [7, 11) is -3.27. The number of fused-ring (bicyclic) bond motifs is 1. The first kappa shape index (κ1) is 12.0. The van der Waals surface area contributed by atoms with Gasteiger partial charge in [0.1, 0.15) is 11.6 Å². The summed E-state index contributed by atoms with van der Waals surface area (Å²) in [5.74, 6) is 0.188. The van der Waals surface area contributed by atoms with E-state index < -0.39 is 15.9 Å². The average molecular weight is 256 g/mol. The van der Waals surface area contributed by atoms with E-state index in [9.17, 15) is 8.42 Å². The molecule has 92 valence electrons. The summed E-state index contributed by atoms with van der Waals surface area (Å²) in [4.78, 5) is 4.21. The van der Waals surface area contributed by atoms with Crippen molar-refractivity contribution in [2.24, 2.45) is 5.73 Å². The summed E-state index contributed by atoms with van der Waals surface area (Å²) in [5.41, 5.74) is 6.41. The van der Waals surface area contributed by atoms with Crippen LogP contribution in [0.3, 0.4) is 0 Å². The molecule has 1 aromatic heterocycles. The van der Waals surface area contributed by atoms with Crippen molar-refractivity contribution in [2.75, 3.05) is 12.9 Å². The maximum absolute atomic E-state index is 11.4. The number of rotatable bonds is 3. The Balaban J connectivity index is 2.56. The van der Waals surface area contributed by atoms with Crippen molar-refractivity contribution >= 4 is 20.9 Å². The highest BCUT2D eigenvalue weighted by molar-refractivity contribution is 7.90. The highest BCUT2D eigenvalue weighted by atomic mass is 32.2. The molecule has 1 atom stereocenters. The van der Waals surface area contributed by atoms with Crippen LogP contribution in [0.5, 0.6) is 0 Å². The normalized spacial score (nSPS) is 14.1. The lowest BCUT2D eigenvalue weighted by atomic mass is 10.3. The largest absolute Gasteiger partial charge is 0.439 e. The maximum Gasteiger partial charge on any atom is 0.214 e. The number of sulfone groups is 1. The number of aromatic nitrogens is 1. The Morgan fingerprint density at radius 2 is 2.24 bits per heavy atom. The predicted molar refractivity (Wildman–Crippen MR) is 61.1 cm³/mol. The van der Waals surface area contributed by atoms with Crippen LogP contribution in [-0.2, 0) is 9.84 Å². The van der Waals surface area contributed by atoms with E-state index in [1.165, 1.54) is 18.2 Å². The highest BCUT2D eigenvalue weighted by Gasteiger charge is 2.15. The average Bonchev–Trinajstić information content (AvgIpc) is 2.69. The molecular weight excluding hydrogens is 244 g/mol. The van der Waals surface area contributed by atoms with Gasteiger partial charge >= 0.3 is 0 Å². The fraction of sp³-hybridized carbons (Fsp3) is 0.300. The zero-order valence-electron chi connectivity index (χ0n) is 9.12. The molecule has 0 saturated carbocycles. The predicted octanol–water partition coefficient (Wildman–Crippen LogP) is 0.223. The summed E-state index contributed by atoms with van der Waals surface area (Å²) in [6.07, 6.45) is 1.12. The van der Waals surface area contributed by atoms with Crippen molar-refractivity contribution in [3.8, 4) is 0 Å². The molecule has 0 fully saturated rings. The minimum Gasteiger partial charge on any atom is -0.439 e. The van der Waals surface area contributed by atoms with E-state index >= 15 is 0 Å². The van der Waals surface area contributed by atoms with Gasteiger partial charge in [-0.3, -0.25) is 0 Å². The number of hydrogen-bond acceptors (Lipinski definition) is 6. The number of nitrogens with two attached hydrogens (primary N) is 1. The molecule has 6 nitrogen and oxygen atoms in total. The smallest absolute Gasteiger partial charge is 0.214 e. The Bertz CT molecular complexity index is 647. The molecule has 7 heteroatoms. The van der Waals surface area contributed by atoms with Crippen LogP contribution in [0, 0.1) is 0 Å². The van der Waals surface area contributed by atoms with Gasteiger partial charge in [0.15, 0.2) is 15.4 Å². The summed E-state index contributed by atoms with van der Waals surface area (Å²) in [5, 5.41) is 8.88.